The Balaban J connectivity index is 2.40. The highest BCUT2D eigenvalue weighted by atomic mass is 19.1. The van der Waals surface area contributed by atoms with Crippen molar-refractivity contribution in [3.05, 3.63) is 42.0 Å². The molecule has 0 spiro atoms. The van der Waals surface area contributed by atoms with Gasteiger partial charge in [-0.2, -0.15) is 5.10 Å². The van der Waals surface area contributed by atoms with Crippen molar-refractivity contribution in [1.82, 2.24) is 9.78 Å². The Morgan fingerprint density at radius 1 is 1.47 bits per heavy atom. The predicted molar refractivity (Wildman–Crippen MR) is 59.3 cm³/mol. The van der Waals surface area contributed by atoms with Gasteiger partial charge in [-0.05, 0) is 24.3 Å². The third kappa shape index (κ3) is 2.10. The van der Waals surface area contributed by atoms with E-state index >= 15 is 0 Å². The molecule has 1 aromatic heterocycles. The van der Waals surface area contributed by atoms with Crippen LogP contribution in [0.1, 0.15) is 10.5 Å². The summed E-state index contributed by atoms with van der Waals surface area (Å²) in [7, 11) is 1.27. The third-order valence-corrected chi connectivity index (χ3v) is 2.22. The average molecular weight is 235 g/mol. The Morgan fingerprint density at radius 2 is 2.24 bits per heavy atom. The van der Waals surface area contributed by atoms with Gasteiger partial charge in [0.15, 0.2) is 5.69 Å². The van der Waals surface area contributed by atoms with Crippen LogP contribution in [-0.4, -0.2) is 22.9 Å². The molecule has 0 saturated carbocycles. The zero-order valence-corrected chi connectivity index (χ0v) is 9.05. The molecule has 1 heterocycles. The molecule has 2 aromatic rings. The molecule has 6 heteroatoms. The second-order valence-corrected chi connectivity index (χ2v) is 3.34. The number of methoxy groups -OCH3 is 1. The van der Waals surface area contributed by atoms with Crippen LogP contribution in [0.5, 0.6) is 0 Å². The summed E-state index contributed by atoms with van der Waals surface area (Å²) >= 11 is 0. The topological polar surface area (TPSA) is 70.1 Å². The average Bonchev–Trinajstić information content (AvgIpc) is 2.77. The summed E-state index contributed by atoms with van der Waals surface area (Å²) in [6, 6.07) is 5.44. The first kappa shape index (κ1) is 11.1. The van der Waals surface area contributed by atoms with Crippen LogP contribution in [0, 0.1) is 5.82 Å². The van der Waals surface area contributed by atoms with Gasteiger partial charge in [0.05, 0.1) is 18.5 Å². The molecule has 0 atom stereocenters. The highest BCUT2D eigenvalue weighted by Crippen LogP contribution is 2.17. The van der Waals surface area contributed by atoms with E-state index in [-0.39, 0.29) is 11.4 Å². The number of carbonyl (C=O) groups is 1. The van der Waals surface area contributed by atoms with E-state index in [1.165, 1.54) is 36.1 Å². The van der Waals surface area contributed by atoms with Gasteiger partial charge in [-0.3, -0.25) is 0 Å². The van der Waals surface area contributed by atoms with Crippen LogP contribution >= 0.6 is 0 Å². The Labute approximate surface area is 96.6 Å². The van der Waals surface area contributed by atoms with Crippen molar-refractivity contribution >= 4 is 11.7 Å². The Hall–Kier alpha value is -2.37. The van der Waals surface area contributed by atoms with Crippen molar-refractivity contribution in [1.29, 1.82) is 0 Å². The molecule has 2 rings (SSSR count). The van der Waals surface area contributed by atoms with Gasteiger partial charge in [0.2, 0.25) is 0 Å². The van der Waals surface area contributed by atoms with Crippen LogP contribution in [0.4, 0.5) is 10.1 Å². The normalized spacial score (nSPS) is 10.2. The number of hydrogen-bond acceptors (Lipinski definition) is 4. The van der Waals surface area contributed by atoms with Crippen molar-refractivity contribution in [3.63, 3.8) is 0 Å². The fourth-order valence-corrected chi connectivity index (χ4v) is 1.41. The number of halogens is 1. The molecule has 0 aliphatic heterocycles. The maximum absolute atomic E-state index is 12.9. The van der Waals surface area contributed by atoms with Gasteiger partial charge in [0.1, 0.15) is 5.82 Å². The van der Waals surface area contributed by atoms with Gasteiger partial charge in [0, 0.05) is 6.20 Å². The summed E-state index contributed by atoms with van der Waals surface area (Å²) in [6.45, 7) is 0. The predicted octanol–water partition coefficient (Wildman–Crippen LogP) is 1.38. The van der Waals surface area contributed by atoms with Crippen molar-refractivity contribution in [2.75, 3.05) is 12.8 Å². The molecule has 0 radical (unpaired) electrons. The smallest absolute Gasteiger partial charge is 0.358 e. The van der Waals surface area contributed by atoms with Gasteiger partial charge >= 0.3 is 5.97 Å². The number of carbonyl (C=O) groups excluding carboxylic acids is 1. The lowest BCUT2D eigenvalue weighted by Crippen LogP contribution is -2.05. The molecule has 2 N–H and O–H groups in total. The van der Waals surface area contributed by atoms with Crippen LogP contribution in [0.2, 0.25) is 0 Å². The highest BCUT2D eigenvalue weighted by Gasteiger charge is 2.11. The Kier molecular flexibility index (Phi) is 2.78. The van der Waals surface area contributed by atoms with Gasteiger partial charge in [-0.25, -0.2) is 13.9 Å². The number of benzene rings is 1. The quantitative estimate of drug-likeness (QED) is 0.630. The zero-order valence-electron chi connectivity index (χ0n) is 9.05. The highest BCUT2D eigenvalue weighted by molar-refractivity contribution is 5.87. The maximum Gasteiger partial charge on any atom is 0.358 e. The summed E-state index contributed by atoms with van der Waals surface area (Å²) in [6.07, 6.45) is 1.55. The van der Waals surface area contributed by atoms with Crippen LogP contribution in [0.25, 0.3) is 5.69 Å². The van der Waals surface area contributed by atoms with Gasteiger partial charge in [-0.15, -0.1) is 0 Å². The molecular weight excluding hydrogens is 225 g/mol. The van der Waals surface area contributed by atoms with E-state index in [0.717, 1.165) is 0 Å². The molecule has 5 nitrogen and oxygen atoms in total. The van der Waals surface area contributed by atoms with Gasteiger partial charge < -0.3 is 10.5 Å². The van der Waals surface area contributed by atoms with E-state index in [9.17, 15) is 9.18 Å². The van der Waals surface area contributed by atoms with Crippen molar-refractivity contribution in [2.24, 2.45) is 0 Å². The number of rotatable bonds is 2. The minimum absolute atomic E-state index is 0.163. The number of esters is 1. The first-order valence-corrected chi connectivity index (χ1v) is 4.81. The first-order valence-electron chi connectivity index (χ1n) is 4.81. The van der Waals surface area contributed by atoms with E-state index in [4.69, 9.17) is 5.73 Å². The lowest BCUT2D eigenvalue weighted by atomic mass is 10.2. The monoisotopic (exact) mass is 235 g/mol. The number of hydrogen-bond donors (Lipinski definition) is 1. The zero-order chi connectivity index (χ0) is 12.4. The molecule has 17 heavy (non-hydrogen) atoms. The molecule has 0 amide bonds. The van der Waals surface area contributed by atoms with E-state index in [1.807, 2.05) is 0 Å². The van der Waals surface area contributed by atoms with Crippen LogP contribution in [-0.2, 0) is 4.74 Å². The number of nitrogen functional groups attached to an aromatic ring is 1. The molecule has 0 bridgehead atoms. The summed E-state index contributed by atoms with van der Waals surface area (Å²) in [5.41, 5.74) is 6.56. The van der Waals surface area contributed by atoms with Crippen LogP contribution in [0.3, 0.4) is 0 Å². The lowest BCUT2D eigenvalue weighted by Gasteiger charge is -2.04. The molecule has 0 aliphatic carbocycles. The standard InChI is InChI=1S/C11H10FN3O2/c1-17-11(16)9-4-5-15(14-9)10-3-2-7(12)6-8(10)13/h2-6H,13H2,1H3. The minimum Gasteiger partial charge on any atom is -0.464 e. The molecule has 88 valence electrons. The maximum atomic E-state index is 12.9. The molecular formula is C11H10FN3O2. The molecule has 1 aromatic carbocycles. The lowest BCUT2D eigenvalue weighted by molar-refractivity contribution is 0.0593. The molecule has 0 saturated heterocycles. The van der Waals surface area contributed by atoms with Gasteiger partial charge in [0.25, 0.3) is 0 Å². The summed E-state index contributed by atoms with van der Waals surface area (Å²) in [5.74, 6) is -0.962. The third-order valence-electron chi connectivity index (χ3n) is 2.22. The Morgan fingerprint density at radius 3 is 2.88 bits per heavy atom. The number of aromatic nitrogens is 2. The molecule has 0 fully saturated rings. The summed E-state index contributed by atoms with van der Waals surface area (Å²) in [5, 5.41) is 3.98. The number of nitrogens with two attached hydrogens (primary N) is 1. The summed E-state index contributed by atoms with van der Waals surface area (Å²) in [4.78, 5) is 11.2. The molecule has 0 aliphatic rings. The van der Waals surface area contributed by atoms with E-state index in [1.54, 1.807) is 6.20 Å². The number of ether oxygens (including phenoxy) is 1. The Bertz CT molecular complexity index is 566. The van der Waals surface area contributed by atoms with E-state index in [2.05, 4.69) is 9.84 Å². The largest absolute Gasteiger partial charge is 0.464 e. The second kappa shape index (κ2) is 4.25. The fraction of sp³-hybridized carbons (Fsp3) is 0.0909. The SMILES string of the molecule is COC(=O)c1ccn(-c2ccc(F)cc2N)n1. The van der Waals surface area contributed by atoms with Crippen LogP contribution in [0.15, 0.2) is 30.5 Å². The molecule has 0 unspecified atom stereocenters. The number of nitrogens with zero attached hydrogens (tertiary/aromatic N) is 2. The van der Waals surface area contributed by atoms with Crippen molar-refractivity contribution in [3.8, 4) is 5.69 Å². The summed E-state index contributed by atoms with van der Waals surface area (Å²) < 4.78 is 18.8. The minimum atomic E-state index is -0.538. The van der Waals surface area contributed by atoms with Crippen molar-refractivity contribution in [2.45, 2.75) is 0 Å². The number of anilines is 1. The van der Waals surface area contributed by atoms with E-state index < -0.39 is 11.8 Å². The van der Waals surface area contributed by atoms with Crippen molar-refractivity contribution < 1.29 is 13.9 Å². The van der Waals surface area contributed by atoms with E-state index in [0.29, 0.717) is 5.69 Å². The first-order chi connectivity index (χ1) is 8.11. The fourth-order valence-electron chi connectivity index (χ4n) is 1.41. The second-order valence-electron chi connectivity index (χ2n) is 3.34. The van der Waals surface area contributed by atoms with Crippen LogP contribution < -0.4 is 5.73 Å². The van der Waals surface area contributed by atoms with Gasteiger partial charge in [-0.1, -0.05) is 0 Å².